The summed E-state index contributed by atoms with van der Waals surface area (Å²) in [5.74, 6) is -0.273. The second-order valence-corrected chi connectivity index (χ2v) is 7.45. The van der Waals surface area contributed by atoms with Crippen LogP contribution in [0.3, 0.4) is 0 Å². The Morgan fingerprint density at radius 3 is 1.50 bits per heavy atom. The Hall–Kier alpha value is -1.32. The summed E-state index contributed by atoms with van der Waals surface area (Å²) < 4.78 is 9.77. The van der Waals surface area contributed by atoms with Crippen molar-refractivity contribution in [2.24, 2.45) is 0 Å². The summed E-state index contributed by atoms with van der Waals surface area (Å²) in [5.41, 5.74) is 0. The highest BCUT2D eigenvalue weighted by atomic mass is 16.5. The molecule has 0 rings (SSSR count). The molecule has 0 radical (unpaired) electrons. The van der Waals surface area contributed by atoms with Gasteiger partial charge in [0.05, 0.1) is 13.2 Å². The van der Waals surface area contributed by atoms with Crippen LogP contribution in [0.25, 0.3) is 0 Å². The molecule has 0 N–H and O–H groups in total. The molecule has 28 heavy (non-hydrogen) atoms. The van der Waals surface area contributed by atoms with E-state index in [1.54, 1.807) is 6.08 Å². The Morgan fingerprint density at radius 2 is 1.04 bits per heavy atom. The van der Waals surface area contributed by atoms with Gasteiger partial charge in [0.15, 0.2) is 0 Å². The first-order valence-electron chi connectivity index (χ1n) is 11.7. The number of esters is 2. The fourth-order valence-electron chi connectivity index (χ4n) is 3.26. The lowest BCUT2D eigenvalue weighted by molar-refractivity contribution is -0.143. The smallest absolute Gasteiger partial charge is 0.330 e. The van der Waals surface area contributed by atoms with E-state index in [0.29, 0.717) is 19.6 Å². The fourth-order valence-corrected chi connectivity index (χ4v) is 3.26. The van der Waals surface area contributed by atoms with E-state index in [1.165, 1.54) is 70.6 Å². The Kier molecular flexibility index (Phi) is 20.9. The van der Waals surface area contributed by atoms with Gasteiger partial charge in [-0.15, -0.1) is 0 Å². The van der Waals surface area contributed by atoms with Gasteiger partial charge in [0.25, 0.3) is 0 Å². The Labute approximate surface area is 173 Å². The van der Waals surface area contributed by atoms with E-state index in [-0.39, 0.29) is 11.9 Å². The summed E-state index contributed by atoms with van der Waals surface area (Å²) in [5, 5.41) is 0. The molecule has 0 atom stereocenters. The maximum atomic E-state index is 11.2. The number of carbonyl (C=O) groups excluding carboxylic acids is 2. The van der Waals surface area contributed by atoms with Crippen LogP contribution in [0.15, 0.2) is 12.2 Å². The van der Waals surface area contributed by atoms with E-state index in [9.17, 15) is 9.59 Å². The van der Waals surface area contributed by atoms with E-state index >= 15 is 0 Å². The summed E-state index contributed by atoms with van der Waals surface area (Å²) >= 11 is 0. The first-order chi connectivity index (χ1) is 13.7. The van der Waals surface area contributed by atoms with Gasteiger partial charge in [-0.3, -0.25) is 4.79 Å². The van der Waals surface area contributed by atoms with E-state index < -0.39 is 0 Å². The molecular weight excluding hydrogens is 352 g/mol. The van der Waals surface area contributed by atoms with Crippen LogP contribution in [0.2, 0.25) is 0 Å². The molecule has 0 aromatic rings. The molecule has 4 nitrogen and oxygen atoms in total. The highest BCUT2D eigenvalue weighted by molar-refractivity contribution is 5.81. The average Bonchev–Trinajstić information content (AvgIpc) is 2.67. The predicted molar refractivity (Wildman–Crippen MR) is 116 cm³/mol. The van der Waals surface area contributed by atoms with Gasteiger partial charge in [0.2, 0.25) is 0 Å². The van der Waals surface area contributed by atoms with Crippen molar-refractivity contribution in [1.29, 1.82) is 0 Å². The van der Waals surface area contributed by atoms with Crippen LogP contribution in [-0.4, -0.2) is 25.2 Å². The van der Waals surface area contributed by atoms with Crippen LogP contribution in [0.4, 0.5) is 0 Å². The molecule has 0 heterocycles. The quantitative estimate of drug-likeness (QED) is 0.127. The van der Waals surface area contributed by atoms with Gasteiger partial charge >= 0.3 is 11.9 Å². The van der Waals surface area contributed by atoms with Crippen molar-refractivity contribution in [2.75, 3.05) is 13.2 Å². The maximum absolute atomic E-state index is 11.2. The summed E-state index contributed by atoms with van der Waals surface area (Å²) in [6.45, 7) is 4.62. The number of hydrogen-bond acceptors (Lipinski definition) is 4. The van der Waals surface area contributed by atoms with Crippen LogP contribution in [0.5, 0.6) is 0 Å². The van der Waals surface area contributed by atoms with Crippen molar-refractivity contribution in [3.8, 4) is 0 Å². The largest absolute Gasteiger partial charge is 0.466 e. The lowest BCUT2D eigenvalue weighted by Gasteiger charge is -2.04. The zero-order valence-electron chi connectivity index (χ0n) is 18.5. The molecule has 0 saturated heterocycles. The zero-order chi connectivity index (χ0) is 20.7. The minimum absolute atomic E-state index is 0.0478. The summed E-state index contributed by atoms with van der Waals surface area (Å²) in [6.07, 6.45) is 22.9. The normalized spacial score (nSPS) is 11.1. The Morgan fingerprint density at radius 1 is 0.607 bits per heavy atom. The van der Waals surface area contributed by atoms with Crippen LogP contribution < -0.4 is 0 Å². The first-order valence-corrected chi connectivity index (χ1v) is 11.7. The predicted octanol–water partition coefficient (Wildman–Crippen LogP) is 6.91. The van der Waals surface area contributed by atoms with Gasteiger partial charge in [-0.05, 0) is 33.1 Å². The number of hydrogen-bond donors (Lipinski definition) is 0. The molecule has 0 aromatic carbocycles. The van der Waals surface area contributed by atoms with Crippen molar-refractivity contribution >= 4 is 11.9 Å². The van der Waals surface area contributed by atoms with Crippen LogP contribution in [0, 0.1) is 0 Å². The molecule has 0 saturated carbocycles. The highest BCUT2D eigenvalue weighted by Crippen LogP contribution is 2.14. The third-order valence-corrected chi connectivity index (χ3v) is 4.85. The molecule has 0 fully saturated rings. The van der Waals surface area contributed by atoms with Gasteiger partial charge in [-0.25, -0.2) is 4.79 Å². The van der Waals surface area contributed by atoms with Crippen LogP contribution in [-0.2, 0) is 19.1 Å². The molecule has 0 aliphatic rings. The van der Waals surface area contributed by atoms with Crippen molar-refractivity contribution < 1.29 is 19.1 Å². The highest BCUT2D eigenvalue weighted by Gasteiger charge is 2.00. The molecular formula is C24H44O4. The number of allylic oxidation sites excluding steroid dienone is 1. The van der Waals surface area contributed by atoms with Crippen LogP contribution >= 0.6 is 0 Å². The molecule has 0 aromatic heterocycles. The maximum Gasteiger partial charge on any atom is 0.330 e. The molecule has 0 amide bonds. The van der Waals surface area contributed by atoms with E-state index in [2.05, 4.69) is 0 Å². The number of rotatable bonds is 20. The molecule has 0 spiro atoms. The van der Waals surface area contributed by atoms with Crippen LogP contribution in [0.1, 0.15) is 117 Å². The second-order valence-electron chi connectivity index (χ2n) is 7.45. The number of unbranched alkanes of at least 4 members (excludes halogenated alkanes) is 14. The topological polar surface area (TPSA) is 52.6 Å². The number of ether oxygens (including phenoxy) is 2. The molecule has 4 heteroatoms. The Balaban J connectivity index is 3.14. The van der Waals surface area contributed by atoms with Gasteiger partial charge in [-0.2, -0.15) is 0 Å². The first kappa shape index (κ1) is 26.7. The van der Waals surface area contributed by atoms with Crippen molar-refractivity contribution in [3.63, 3.8) is 0 Å². The zero-order valence-corrected chi connectivity index (χ0v) is 18.5. The molecule has 0 bridgehead atoms. The molecule has 0 aliphatic heterocycles. The minimum Gasteiger partial charge on any atom is -0.466 e. The molecule has 164 valence electrons. The van der Waals surface area contributed by atoms with E-state index in [1.807, 2.05) is 19.9 Å². The van der Waals surface area contributed by atoms with Gasteiger partial charge in [0.1, 0.15) is 0 Å². The van der Waals surface area contributed by atoms with Gasteiger partial charge in [0, 0.05) is 12.5 Å². The van der Waals surface area contributed by atoms with Crippen molar-refractivity contribution in [1.82, 2.24) is 0 Å². The monoisotopic (exact) mass is 396 g/mol. The third-order valence-electron chi connectivity index (χ3n) is 4.85. The third kappa shape index (κ3) is 21.0. The summed E-state index contributed by atoms with van der Waals surface area (Å²) in [4.78, 5) is 22.3. The van der Waals surface area contributed by atoms with E-state index in [0.717, 1.165) is 25.7 Å². The summed E-state index contributed by atoms with van der Waals surface area (Å²) in [6, 6.07) is 0. The minimum atomic E-state index is -0.225. The SMILES string of the molecule is CCOC(=O)/C=C/CCCCCCCCCCCCCCCCC(=O)OCC. The van der Waals surface area contributed by atoms with Crippen molar-refractivity contribution in [3.05, 3.63) is 12.2 Å². The second kappa shape index (κ2) is 22.0. The molecule has 0 aliphatic carbocycles. The standard InChI is InChI=1S/C24H44O4/c1-3-27-23(25)21-19-17-15-13-11-9-7-5-6-8-10-12-14-16-18-20-22-24(26)28-4-2/h19,21H,3-18,20,22H2,1-2H3/b21-19+. The van der Waals surface area contributed by atoms with E-state index in [4.69, 9.17) is 9.47 Å². The van der Waals surface area contributed by atoms with Crippen molar-refractivity contribution in [2.45, 2.75) is 117 Å². The fraction of sp³-hybridized carbons (Fsp3) is 0.833. The van der Waals surface area contributed by atoms with Gasteiger partial charge in [-0.1, -0.05) is 83.1 Å². The summed E-state index contributed by atoms with van der Waals surface area (Å²) in [7, 11) is 0. The van der Waals surface area contributed by atoms with Gasteiger partial charge < -0.3 is 9.47 Å². The lowest BCUT2D eigenvalue weighted by Crippen LogP contribution is -2.03. The Bertz CT molecular complexity index is 390. The average molecular weight is 397 g/mol. The number of carbonyl (C=O) groups is 2. The lowest BCUT2D eigenvalue weighted by atomic mass is 10.0. The molecule has 0 unspecified atom stereocenters.